The van der Waals surface area contributed by atoms with Crippen LogP contribution in [0.4, 0.5) is 0 Å². The molecule has 0 aliphatic carbocycles. The summed E-state index contributed by atoms with van der Waals surface area (Å²) in [6, 6.07) is -0.206. The topological polar surface area (TPSA) is 72.5 Å². The van der Waals surface area contributed by atoms with Crippen LogP contribution in [-0.4, -0.2) is 30.8 Å². The summed E-state index contributed by atoms with van der Waals surface area (Å²) in [5.74, 6) is 0.321. The molecule has 0 aromatic carbocycles. The van der Waals surface area contributed by atoms with E-state index < -0.39 is 14.6 Å². The van der Waals surface area contributed by atoms with Crippen molar-refractivity contribution in [2.45, 2.75) is 31.6 Å². The van der Waals surface area contributed by atoms with E-state index >= 15 is 0 Å². The maximum absolute atomic E-state index is 11.6. The summed E-state index contributed by atoms with van der Waals surface area (Å²) in [6.07, 6.45) is 0. The molecule has 0 bridgehead atoms. The van der Waals surface area contributed by atoms with E-state index in [0.29, 0.717) is 0 Å². The maximum Gasteiger partial charge on any atom is 0.164 e. The summed E-state index contributed by atoms with van der Waals surface area (Å²) in [4.78, 5) is 4.05. The van der Waals surface area contributed by atoms with Gasteiger partial charge in [0.1, 0.15) is 10.6 Å². The second kappa shape index (κ2) is 2.45. The van der Waals surface area contributed by atoms with Gasteiger partial charge in [-0.25, -0.2) is 8.42 Å². The van der Waals surface area contributed by atoms with Gasteiger partial charge in [0.15, 0.2) is 9.84 Å². The molecule has 70 valence electrons. The van der Waals surface area contributed by atoms with Gasteiger partial charge in [0, 0.05) is 0 Å². The second-order valence-electron chi connectivity index (χ2n) is 3.66. The molecule has 0 unspecified atom stereocenters. The lowest BCUT2D eigenvalue weighted by Gasteiger charge is -2.30. The molecule has 0 saturated carbocycles. The summed E-state index contributed by atoms with van der Waals surface area (Å²) in [6.45, 7) is 4.93. The molecule has 1 heterocycles. The quantitative estimate of drug-likeness (QED) is 0.581. The fourth-order valence-corrected chi connectivity index (χ4v) is 2.61. The highest BCUT2D eigenvalue weighted by Crippen LogP contribution is 2.23. The molecule has 0 aromatic heterocycles. The molecule has 0 spiro atoms. The van der Waals surface area contributed by atoms with Crippen molar-refractivity contribution >= 4 is 15.7 Å². The minimum absolute atomic E-state index is 0.0979. The molecule has 0 aromatic rings. The first kappa shape index (κ1) is 9.51. The number of rotatable bonds is 0. The standard InChI is InChI=1S/C7H14N2O2S/c1-5-4-12(10,11)7(2,3)6(8)9-5/h5H,4H2,1-3H3,(H2,8,9)/t5-/m0/s1. The largest absolute Gasteiger partial charge is 0.386 e. The number of sulfone groups is 1. The maximum atomic E-state index is 11.6. The smallest absolute Gasteiger partial charge is 0.164 e. The van der Waals surface area contributed by atoms with Crippen molar-refractivity contribution in [2.24, 2.45) is 10.7 Å². The Morgan fingerprint density at radius 2 is 2.08 bits per heavy atom. The van der Waals surface area contributed by atoms with Crippen molar-refractivity contribution in [1.82, 2.24) is 0 Å². The lowest BCUT2D eigenvalue weighted by Crippen LogP contribution is -2.51. The first-order chi connectivity index (χ1) is 5.27. The van der Waals surface area contributed by atoms with E-state index in [4.69, 9.17) is 5.73 Å². The highest BCUT2D eigenvalue weighted by molar-refractivity contribution is 7.93. The molecule has 1 aliphatic rings. The summed E-state index contributed by atoms with van der Waals surface area (Å²) >= 11 is 0. The highest BCUT2D eigenvalue weighted by Gasteiger charge is 2.42. The van der Waals surface area contributed by atoms with E-state index in [1.54, 1.807) is 20.8 Å². The molecule has 12 heavy (non-hydrogen) atoms. The average Bonchev–Trinajstić information content (AvgIpc) is 1.82. The fraction of sp³-hybridized carbons (Fsp3) is 0.857. The van der Waals surface area contributed by atoms with Gasteiger partial charge < -0.3 is 5.73 Å². The van der Waals surface area contributed by atoms with E-state index in [9.17, 15) is 8.42 Å². The van der Waals surface area contributed by atoms with Gasteiger partial charge in [-0.3, -0.25) is 4.99 Å². The third-order valence-electron chi connectivity index (χ3n) is 2.21. The Bertz CT molecular complexity index is 316. The minimum Gasteiger partial charge on any atom is -0.386 e. The van der Waals surface area contributed by atoms with E-state index in [-0.39, 0.29) is 17.6 Å². The van der Waals surface area contributed by atoms with Crippen LogP contribution in [0.15, 0.2) is 4.99 Å². The molecule has 1 aliphatic heterocycles. The van der Waals surface area contributed by atoms with Gasteiger partial charge in [-0.1, -0.05) is 0 Å². The average molecular weight is 190 g/mol. The normalized spacial score (nSPS) is 32.6. The van der Waals surface area contributed by atoms with Gasteiger partial charge >= 0.3 is 0 Å². The lowest BCUT2D eigenvalue weighted by atomic mass is 10.2. The predicted molar refractivity (Wildman–Crippen MR) is 49.0 cm³/mol. The lowest BCUT2D eigenvalue weighted by molar-refractivity contribution is 0.563. The van der Waals surface area contributed by atoms with Crippen LogP contribution in [0, 0.1) is 0 Å². The van der Waals surface area contributed by atoms with Crippen LogP contribution in [0.2, 0.25) is 0 Å². The number of amidine groups is 1. The van der Waals surface area contributed by atoms with Gasteiger partial charge in [0.05, 0.1) is 11.8 Å². The number of hydrogen-bond donors (Lipinski definition) is 1. The Morgan fingerprint density at radius 3 is 2.50 bits per heavy atom. The number of hydrogen-bond acceptors (Lipinski definition) is 4. The predicted octanol–water partition coefficient (Wildman–Crippen LogP) is -0.0609. The minimum atomic E-state index is -3.12. The van der Waals surface area contributed by atoms with Crippen molar-refractivity contribution in [3.63, 3.8) is 0 Å². The van der Waals surface area contributed by atoms with E-state index in [0.717, 1.165) is 0 Å². The number of nitrogens with two attached hydrogens (primary N) is 1. The molecular formula is C7H14N2O2S. The van der Waals surface area contributed by atoms with Crippen LogP contribution >= 0.6 is 0 Å². The molecule has 0 fully saturated rings. The van der Waals surface area contributed by atoms with Crippen LogP contribution in [0.1, 0.15) is 20.8 Å². The van der Waals surface area contributed by atoms with E-state index in [1.165, 1.54) is 0 Å². The molecule has 2 N–H and O–H groups in total. The molecule has 4 nitrogen and oxygen atoms in total. The Kier molecular flexibility index (Phi) is 1.94. The van der Waals surface area contributed by atoms with E-state index in [2.05, 4.69) is 4.99 Å². The van der Waals surface area contributed by atoms with Crippen LogP contribution in [-0.2, 0) is 9.84 Å². The summed E-state index contributed by atoms with van der Waals surface area (Å²) < 4.78 is 22.1. The zero-order valence-corrected chi connectivity index (χ0v) is 8.35. The van der Waals surface area contributed by atoms with Gasteiger partial charge in [-0.05, 0) is 20.8 Å². The first-order valence-electron chi connectivity index (χ1n) is 3.83. The van der Waals surface area contributed by atoms with Crippen molar-refractivity contribution in [3.05, 3.63) is 0 Å². The Balaban J connectivity index is 3.25. The second-order valence-corrected chi connectivity index (χ2v) is 6.24. The molecule has 1 atom stereocenters. The van der Waals surface area contributed by atoms with E-state index in [1.807, 2.05) is 0 Å². The zero-order chi connectivity index (χ0) is 9.57. The first-order valence-corrected chi connectivity index (χ1v) is 5.48. The summed E-state index contributed by atoms with van der Waals surface area (Å²) in [7, 11) is -3.12. The summed E-state index contributed by atoms with van der Waals surface area (Å²) in [5, 5.41) is 0. The third-order valence-corrected chi connectivity index (χ3v) is 4.90. The monoisotopic (exact) mass is 190 g/mol. The van der Waals surface area contributed by atoms with Crippen molar-refractivity contribution in [3.8, 4) is 0 Å². The Hall–Kier alpha value is -0.580. The zero-order valence-electron chi connectivity index (χ0n) is 7.53. The van der Waals surface area contributed by atoms with Crippen molar-refractivity contribution in [1.29, 1.82) is 0 Å². The van der Waals surface area contributed by atoms with Crippen LogP contribution in [0.5, 0.6) is 0 Å². The highest BCUT2D eigenvalue weighted by atomic mass is 32.2. The summed E-state index contributed by atoms with van der Waals surface area (Å²) in [5.41, 5.74) is 5.55. The molecular weight excluding hydrogens is 176 g/mol. The Morgan fingerprint density at radius 1 is 1.58 bits per heavy atom. The molecule has 0 saturated heterocycles. The van der Waals surface area contributed by atoms with Crippen molar-refractivity contribution < 1.29 is 8.42 Å². The number of nitrogens with zero attached hydrogens (tertiary/aromatic N) is 1. The van der Waals surface area contributed by atoms with Gasteiger partial charge in [-0.15, -0.1) is 0 Å². The Labute approximate surface area is 72.8 Å². The molecule has 0 amide bonds. The van der Waals surface area contributed by atoms with Crippen LogP contribution in [0.3, 0.4) is 0 Å². The van der Waals surface area contributed by atoms with Gasteiger partial charge in [-0.2, -0.15) is 0 Å². The number of aliphatic imine (C=N–C) groups is 1. The van der Waals surface area contributed by atoms with Crippen molar-refractivity contribution in [2.75, 3.05) is 5.75 Å². The van der Waals surface area contributed by atoms with Crippen LogP contribution in [0.25, 0.3) is 0 Å². The van der Waals surface area contributed by atoms with Crippen LogP contribution < -0.4 is 5.73 Å². The van der Waals surface area contributed by atoms with Gasteiger partial charge in [0.25, 0.3) is 0 Å². The SMILES string of the molecule is C[C@H]1CS(=O)(=O)C(C)(C)C(N)=N1. The molecule has 5 heteroatoms. The fourth-order valence-electron chi connectivity index (χ4n) is 1.12. The third kappa shape index (κ3) is 1.22. The molecule has 1 rings (SSSR count). The molecule has 0 radical (unpaired) electrons. The van der Waals surface area contributed by atoms with Gasteiger partial charge in [0.2, 0.25) is 0 Å².